The zero-order valence-electron chi connectivity index (χ0n) is 9.08. The van der Waals surface area contributed by atoms with E-state index < -0.39 is 6.09 Å². The van der Waals surface area contributed by atoms with E-state index in [9.17, 15) is 4.79 Å². The van der Waals surface area contributed by atoms with E-state index in [-0.39, 0.29) is 0 Å². The van der Waals surface area contributed by atoms with Crippen molar-refractivity contribution in [1.29, 1.82) is 0 Å². The van der Waals surface area contributed by atoms with Crippen molar-refractivity contribution in [3.63, 3.8) is 0 Å². The summed E-state index contributed by atoms with van der Waals surface area (Å²) in [6.45, 7) is 0. The smallest absolute Gasteiger partial charge is 0.299 e. The molecule has 2 aromatic rings. The van der Waals surface area contributed by atoms with Crippen LogP contribution in [-0.2, 0) is 0 Å². The second-order valence-electron chi connectivity index (χ2n) is 3.31. The van der Waals surface area contributed by atoms with E-state index >= 15 is 0 Å². The number of amides is 1. The first-order chi connectivity index (χ1) is 8.16. The van der Waals surface area contributed by atoms with Gasteiger partial charge in [0.15, 0.2) is 0 Å². The first-order valence-electron chi connectivity index (χ1n) is 4.88. The number of carbonyl (C=O) groups excluding carboxylic acids is 1. The average Bonchev–Trinajstić information content (AvgIpc) is 2.75. The zero-order chi connectivity index (χ0) is 12.3. The topological polar surface area (TPSA) is 47.4 Å². The summed E-state index contributed by atoms with van der Waals surface area (Å²) in [5, 5.41) is 3.83. The van der Waals surface area contributed by atoms with E-state index in [0.29, 0.717) is 0 Å². The van der Waals surface area contributed by atoms with Crippen LogP contribution in [0.1, 0.15) is 0 Å². The van der Waals surface area contributed by atoms with E-state index in [4.69, 9.17) is 4.84 Å². The van der Waals surface area contributed by atoms with Crippen molar-refractivity contribution in [3.8, 4) is 0 Å². The molecule has 1 amide bonds. The van der Waals surface area contributed by atoms with Crippen molar-refractivity contribution in [1.82, 2.24) is 9.94 Å². The summed E-state index contributed by atoms with van der Waals surface area (Å²) in [5.74, 6) is 0. The minimum absolute atomic E-state index is 0.508. The zero-order valence-corrected chi connectivity index (χ0v) is 10.7. The molecule has 1 aromatic carbocycles. The Morgan fingerprint density at radius 3 is 2.71 bits per heavy atom. The van der Waals surface area contributed by atoms with Crippen LogP contribution in [-0.4, -0.2) is 23.1 Å². The molecule has 6 heteroatoms. The number of para-hydroxylation sites is 1. The number of carbonyl (C=O) groups is 1. The van der Waals surface area contributed by atoms with Crippen LogP contribution in [0.2, 0.25) is 0 Å². The van der Waals surface area contributed by atoms with Gasteiger partial charge < -0.3 is 0 Å². The lowest BCUT2D eigenvalue weighted by molar-refractivity contribution is 0.124. The van der Waals surface area contributed by atoms with Crippen molar-refractivity contribution in [2.75, 3.05) is 11.9 Å². The SMILES string of the molecule is CN(C(=O)On1cc(Br)cn1)c1ccccc1. The van der Waals surface area contributed by atoms with Gasteiger partial charge in [0.25, 0.3) is 0 Å². The van der Waals surface area contributed by atoms with Gasteiger partial charge in [0.1, 0.15) is 0 Å². The van der Waals surface area contributed by atoms with E-state index in [0.717, 1.165) is 15.0 Å². The van der Waals surface area contributed by atoms with E-state index in [1.807, 2.05) is 30.3 Å². The molecule has 0 saturated carbocycles. The lowest BCUT2D eigenvalue weighted by atomic mass is 10.3. The van der Waals surface area contributed by atoms with Crippen LogP contribution in [0.3, 0.4) is 0 Å². The third kappa shape index (κ3) is 2.85. The van der Waals surface area contributed by atoms with Gasteiger partial charge in [0, 0.05) is 12.7 Å². The molecule has 2 rings (SSSR count). The van der Waals surface area contributed by atoms with Crippen LogP contribution < -0.4 is 9.74 Å². The molecule has 88 valence electrons. The number of halogens is 1. The highest BCUT2D eigenvalue weighted by Crippen LogP contribution is 2.11. The van der Waals surface area contributed by atoms with Crippen molar-refractivity contribution >= 4 is 27.7 Å². The highest BCUT2D eigenvalue weighted by atomic mass is 79.9. The van der Waals surface area contributed by atoms with Gasteiger partial charge in [-0.1, -0.05) is 23.0 Å². The summed E-state index contributed by atoms with van der Waals surface area (Å²) in [6.07, 6.45) is 2.58. The third-order valence-electron chi connectivity index (χ3n) is 2.12. The third-order valence-corrected chi connectivity index (χ3v) is 2.53. The highest BCUT2D eigenvalue weighted by Gasteiger charge is 2.13. The van der Waals surface area contributed by atoms with Crippen LogP contribution in [0.25, 0.3) is 0 Å². The fourth-order valence-corrected chi connectivity index (χ4v) is 1.50. The van der Waals surface area contributed by atoms with Crippen LogP contribution in [0.15, 0.2) is 47.2 Å². The molecule has 0 spiro atoms. The van der Waals surface area contributed by atoms with Crippen LogP contribution >= 0.6 is 15.9 Å². The second kappa shape index (κ2) is 5.01. The van der Waals surface area contributed by atoms with Gasteiger partial charge in [-0.2, -0.15) is 0 Å². The summed E-state index contributed by atoms with van der Waals surface area (Å²) < 4.78 is 0.743. The van der Waals surface area contributed by atoms with E-state index in [1.165, 1.54) is 11.1 Å². The number of rotatable bonds is 2. The number of nitrogens with zero attached hydrogens (tertiary/aromatic N) is 3. The molecule has 0 radical (unpaired) electrons. The molecule has 0 saturated heterocycles. The van der Waals surface area contributed by atoms with Crippen molar-refractivity contribution in [3.05, 3.63) is 47.2 Å². The predicted molar refractivity (Wildman–Crippen MR) is 66.7 cm³/mol. The monoisotopic (exact) mass is 295 g/mol. The number of hydrogen-bond acceptors (Lipinski definition) is 3. The van der Waals surface area contributed by atoms with Gasteiger partial charge in [0.2, 0.25) is 0 Å². The maximum Gasteiger partial charge on any atom is 0.440 e. The van der Waals surface area contributed by atoms with Crippen molar-refractivity contribution < 1.29 is 9.63 Å². The van der Waals surface area contributed by atoms with Crippen LogP contribution in [0, 0.1) is 0 Å². The van der Waals surface area contributed by atoms with Gasteiger partial charge in [0.05, 0.1) is 16.9 Å². The van der Waals surface area contributed by atoms with Gasteiger partial charge >= 0.3 is 6.09 Å². The van der Waals surface area contributed by atoms with E-state index in [1.54, 1.807) is 13.2 Å². The van der Waals surface area contributed by atoms with Gasteiger partial charge in [-0.25, -0.2) is 4.79 Å². The van der Waals surface area contributed by atoms with Crippen molar-refractivity contribution in [2.24, 2.45) is 0 Å². The minimum atomic E-state index is -0.508. The summed E-state index contributed by atoms with van der Waals surface area (Å²) in [7, 11) is 1.64. The Bertz CT molecular complexity index is 512. The molecule has 17 heavy (non-hydrogen) atoms. The number of aromatic nitrogens is 2. The van der Waals surface area contributed by atoms with Gasteiger partial charge in [-0.05, 0) is 28.1 Å². The molecular weight excluding hydrogens is 286 g/mol. The largest absolute Gasteiger partial charge is 0.440 e. The Labute approximate surface area is 107 Å². The Morgan fingerprint density at radius 1 is 1.41 bits per heavy atom. The molecule has 0 fully saturated rings. The molecule has 1 aromatic heterocycles. The summed E-state index contributed by atoms with van der Waals surface area (Å²) in [6, 6.07) is 9.22. The summed E-state index contributed by atoms with van der Waals surface area (Å²) in [5.41, 5.74) is 0.753. The lowest BCUT2D eigenvalue weighted by Crippen LogP contribution is -2.34. The quantitative estimate of drug-likeness (QED) is 0.854. The van der Waals surface area contributed by atoms with Gasteiger partial charge in [-0.15, -0.1) is 5.10 Å². The van der Waals surface area contributed by atoms with Crippen LogP contribution in [0.4, 0.5) is 10.5 Å². The lowest BCUT2D eigenvalue weighted by Gasteiger charge is -2.15. The van der Waals surface area contributed by atoms with Gasteiger partial charge in [-0.3, -0.25) is 9.74 Å². The number of anilines is 1. The summed E-state index contributed by atoms with van der Waals surface area (Å²) >= 11 is 3.22. The Kier molecular flexibility index (Phi) is 3.43. The normalized spacial score (nSPS) is 10.0. The number of hydrogen-bond donors (Lipinski definition) is 0. The first kappa shape index (κ1) is 11.7. The second-order valence-corrected chi connectivity index (χ2v) is 4.23. The molecule has 0 unspecified atom stereocenters. The van der Waals surface area contributed by atoms with Crippen molar-refractivity contribution in [2.45, 2.75) is 0 Å². The molecule has 0 aliphatic rings. The molecular formula is C11H10BrN3O2. The molecule has 0 aliphatic heterocycles. The molecule has 0 bridgehead atoms. The standard InChI is InChI=1S/C11H10BrN3O2/c1-14(10-5-3-2-4-6-10)11(16)17-15-8-9(12)7-13-15/h2-8H,1H3. The Hall–Kier alpha value is -1.82. The first-order valence-corrected chi connectivity index (χ1v) is 5.67. The van der Waals surface area contributed by atoms with E-state index in [2.05, 4.69) is 21.0 Å². The molecule has 0 atom stereocenters. The fraction of sp³-hybridized carbons (Fsp3) is 0.0909. The van der Waals surface area contributed by atoms with Crippen LogP contribution in [0.5, 0.6) is 0 Å². The molecule has 5 nitrogen and oxygen atoms in total. The number of benzene rings is 1. The molecule has 0 aliphatic carbocycles. The Balaban J connectivity index is 2.06. The molecule has 1 heterocycles. The maximum absolute atomic E-state index is 11.7. The predicted octanol–water partition coefficient (Wildman–Crippen LogP) is 2.33. The Morgan fingerprint density at radius 2 is 2.12 bits per heavy atom. The molecule has 0 N–H and O–H groups in total. The highest BCUT2D eigenvalue weighted by molar-refractivity contribution is 9.10. The maximum atomic E-state index is 11.7. The summed E-state index contributed by atoms with van der Waals surface area (Å²) in [4.78, 5) is 19.3. The average molecular weight is 296 g/mol. The minimum Gasteiger partial charge on any atom is -0.299 e. The fourth-order valence-electron chi connectivity index (χ4n) is 1.23.